The van der Waals surface area contributed by atoms with Crippen LogP contribution in [0.3, 0.4) is 0 Å². The molecule has 0 spiro atoms. The molecule has 31 heavy (non-hydrogen) atoms. The number of hydrogen-bond acceptors (Lipinski definition) is 6. The Morgan fingerprint density at radius 2 is 2.13 bits per heavy atom. The van der Waals surface area contributed by atoms with Gasteiger partial charge in [-0.25, -0.2) is 0 Å². The molecule has 3 atom stereocenters. The van der Waals surface area contributed by atoms with Gasteiger partial charge in [0.05, 0.1) is 17.7 Å². The standard InChI is InChI=1S/C22H31N5O4/c23-7-9-25-20(28)19-11-17(13-27(19)22(30)16-3-1-8-24-12-16)26(21(29)15-5-6-15)14-18-4-2-10-31-18/h1,3,8,12,15,17-19H,2,4-7,9-11,13-14,23H2,(H,25,28). The number of pyridine rings is 1. The molecule has 4 rings (SSSR count). The van der Waals surface area contributed by atoms with Crippen molar-refractivity contribution in [3.8, 4) is 0 Å². The molecule has 0 bridgehead atoms. The fourth-order valence-electron chi connectivity index (χ4n) is 4.47. The zero-order valence-electron chi connectivity index (χ0n) is 17.7. The minimum Gasteiger partial charge on any atom is -0.376 e. The molecular formula is C22H31N5O4. The first-order chi connectivity index (χ1) is 15.1. The molecule has 2 aliphatic heterocycles. The fraction of sp³-hybridized carbons (Fsp3) is 0.636. The van der Waals surface area contributed by atoms with Gasteiger partial charge in [-0.1, -0.05) is 0 Å². The molecule has 3 unspecified atom stereocenters. The van der Waals surface area contributed by atoms with Crippen LogP contribution >= 0.6 is 0 Å². The summed E-state index contributed by atoms with van der Waals surface area (Å²) in [5.74, 6) is -0.299. The van der Waals surface area contributed by atoms with Gasteiger partial charge in [-0.15, -0.1) is 0 Å². The normalized spacial score (nSPS) is 25.5. The lowest BCUT2D eigenvalue weighted by Crippen LogP contribution is -2.47. The zero-order valence-corrected chi connectivity index (χ0v) is 17.7. The van der Waals surface area contributed by atoms with E-state index in [4.69, 9.17) is 10.5 Å². The molecule has 9 heteroatoms. The maximum atomic E-state index is 13.2. The minimum atomic E-state index is -0.650. The van der Waals surface area contributed by atoms with Crippen molar-refractivity contribution in [1.29, 1.82) is 0 Å². The molecule has 1 saturated carbocycles. The van der Waals surface area contributed by atoms with Crippen molar-refractivity contribution in [3.63, 3.8) is 0 Å². The van der Waals surface area contributed by atoms with Gasteiger partial charge in [0.2, 0.25) is 11.8 Å². The second-order valence-electron chi connectivity index (χ2n) is 8.58. The number of rotatable bonds is 8. The van der Waals surface area contributed by atoms with E-state index in [-0.39, 0.29) is 35.8 Å². The van der Waals surface area contributed by atoms with E-state index in [1.54, 1.807) is 23.2 Å². The number of nitrogens with one attached hydrogen (secondary N) is 1. The number of carbonyl (C=O) groups excluding carboxylic acids is 3. The molecule has 1 aromatic rings. The Morgan fingerprint density at radius 1 is 1.29 bits per heavy atom. The first kappa shape index (κ1) is 21.7. The van der Waals surface area contributed by atoms with Crippen molar-refractivity contribution < 1.29 is 19.1 Å². The predicted molar refractivity (Wildman–Crippen MR) is 113 cm³/mol. The topological polar surface area (TPSA) is 118 Å². The number of ether oxygens (including phenoxy) is 1. The largest absolute Gasteiger partial charge is 0.376 e. The van der Waals surface area contributed by atoms with Gasteiger partial charge < -0.3 is 25.6 Å². The van der Waals surface area contributed by atoms with Crippen LogP contribution in [0.25, 0.3) is 0 Å². The fourth-order valence-corrected chi connectivity index (χ4v) is 4.47. The first-order valence-electron chi connectivity index (χ1n) is 11.2. The van der Waals surface area contributed by atoms with Crippen molar-refractivity contribution in [2.75, 3.05) is 32.8 Å². The number of nitrogens with zero attached hydrogens (tertiary/aromatic N) is 3. The number of aromatic nitrogens is 1. The average Bonchev–Trinajstić information content (AvgIpc) is 3.34. The van der Waals surface area contributed by atoms with Gasteiger partial charge in [-0.3, -0.25) is 19.4 Å². The Balaban J connectivity index is 1.55. The van der Waals surface area contributed by atoms with Gasteiger partial charge in [0, 0.05) is 51.1 Å². The summed E-state index contributed by atoms with van der Waals surface area (Å²) in [6.07, 6.45) is 7.29. The number of hydrogen-bond donors (Lipinski definition) is 2. The van der Waals surface area contributed by atoms with Gasteiger partial charge in [0.25, 0.3) is 5.91 Å². The highest BCUT2D eigenvalue weighted by atomic mass is 16.5. The lowest BCUT2D eigenvalue weighted by Gasteiger charge is -2.31. The lowest BCUT2D eigenvalue weighted by molar-refractivity contribution is -0.136. The quantitative estimate of drug-likeness (QED) is 0.608. The van der Waals surface area contributed by atoms with Gasteiger partial charge in [0.1, 0.15) is 6.04 Å². The van der Waals surface area contributed by atoms with Crippen molar-refractivity contribution in [3.05, 3.63) is 30.1 Å². The van der Waals surface area contributed by atoms with E-state index in [9.17, 15) is 14.4 Å². The summed E-state index contributed by atoms with van der Waals surface area (Å²) in [5.41, 5.74) is 5.97. The number of nitrogens with two attached hydrogens (primary N) is 1. The maximum absolute atomic E-state index is 13.2. The van der Waals surface area contributed by atoms with Crippen LogP contribution in [0.1, 0.15) is 42.5 Å². The molecule has 3 N–H and O–H groups in total. The smallest absolute Gasteiger partial charge is 0.256 e. The Morgan fingerprint density at radius 3 is 2.77 bits per heavy atom. The van der Waals surface area contributed by atoms with E-state index >= 15 is 0 Å². The summed E-state index contributed by atoms with van der Waals surface area (Å²) in [6, 6.07) is 2.52. The highest BCUT2D eigenvalue weighted by Crippen LogP contribution is 2.34. The Labute approximate surface area is 182 Å². The molecule has 3 amide bonds. The molecule has 168 valence electrons. The third-order valence-electron chi connectivity index (χ3n) is 6.27. The van der Waals surface area contributed by atoms with Crippen LogP contribution in [0, 0.1) is 5.92 Å². The van der Waals surface area contributed by atoms with Crippen LogP contribution in [0.4, 0.5) is 0 Å². The van der Waals surface area contributed by atoms with Crippen molar-refractivity contribution in [2.45, 2.75) is 50.3 Å². The van der Waals surface area contributed by atoms with E-state index in [0.29, 0.717) is 38.2 Å². The molecule has 3 aliphatic rings. The van der Waals surface area contributed by atoms with E-state index in [1.807, 2.05) is 4.90 Å². The zero-order chi connectivity index (χ0) is 21.8. The average molecular weight is 430 g/mol. The van der Waals surface area contributed by atoms with E-state index in [0.717, 1.165) is 32.3 Å². The summed E-state index contributed by atoms with van der Waals surface area (Å²) < 4.78 is 5.79. The third-order valence-corrected chi connectivity index (χ3v) is 6.27. The van der Waals surface area contributed by atoms with Crippen molar-refractivity contribution in [1.82, 2.24) is 20.1 Å². The molecule has 9 nitrogen and oxygen atoms in total. The molecule has 3 fully saturated rings. The molecule has 0 aromatic carbocycles. The van der Waals surface area contributed by atoms with Crippen LogP contribution in [0.15, 0.2) is 24.5 Å². The monoisotopic (exact) mass is 429 g/mol. The van der Waals surface area contributed by atoms with Crippen LogP contribution in [0.2, 0.25) is 0 Å². The maximum Gasteiger partial charge on any atom is 0.256 e. The van der Waals surface area contributed by atoms with Gasteiger partial charge in [-0.05, 0) is 44.2 Å². The van der Waals surface area contributed by atoms with Gasteiger partial charge in [0.15, 0.2) is 0 Å². The first-order valence-corrected chi connectivity index (χ1v) is 11.2. The molecular weight excluding hydrogens is 398 g/mol. The molecule has 1 aliphatic carbocycles. The van der Waals surface area contributed by atoms with Crippen LogP contribution in [0.5, 0.6) is 0 Å². The van der Waals surface area contributed by atoms with Crippen molar-refractivity contribution >= 4 is 17.7 Å². The summed E-state index contributed by atoms with van der Waals surface area (Å²) >= 11 is 0. The number of carbonyl (C=O) groups is 3. The lowest BCUT2D eigenvalue weighted by atomic mass is 10.1. The van der Waals surface area contributed by atoms with Crippen LogP contribution < -0.4 is 11.1 Å². The third kappa shape index (κ3) is 5.04. The Hall–Kier alpha value is -2.52. The van der Waals surface area contributed by atoms with E-state index in [1.165, 1.54) is 6.20 Å². The summed E-state index contributed by atoms with van der Waals surface area (Å²) in [7, 11) is 0. The minimum absolute atomic E-state index is 0.0234. The summed E-state index contributed by atoms with van der Waals surface area (Å²) in [6.45, 7) is 2.22. The van der Waals surface area contributed by atoms with Crippen LogP contribution in [-0.4, -0.2) is 83.5 Å². The highest BCUT2D eigenvalue weighted by molar-refractivity contribution is 5.98. The predicted octanol–water partition coefficient (Wildman–Crippen LogP) is 0.157. The van der Waals surface area contributed by atoms with Gasteiger partial charge >= 0.3 is 0 Å². The summed E-state index contributed by atoms with van der Waals surface area (Å²) in [5, 5.41) is 2.81. The van der Waals surface area contributed by atoms with E-state index < -0.39 is 6.04 Å². The van der Waals surface area contributed by atoms with Gasteiger partial charge in [-0.2, -0.15) is 0 Å². The number of amides is 3. The van der Waals surface area contributed by atoms with Crippen molar-refractivity contribution in [2.24, 2.45) is 11.7 Å². The SMILES string of the molecule is NCCNC(=O)C1CC(N(CC2CCCO2)C(=O)C2CC2)CN1C(=O)c1cccnc1. The summed E-state index contributed by atoms with van der Waals surface area (Å²) in [4.78, 5) is 46.7. The molecule has 2 saturated heterocycles. The Bertz CT molecular complexity index is 794. The van der Waals surface area contributed by atoms with Crippen LogP contribution in [-0.2, 0) is 14.3 Å². The number of likely N-dealkylation sites (tertiary alicyclic amines) is 1. The molecule has 3 heterocycles. The second kappa shape index (κ2) is 9.74. The Kier molecular flexibility index (Phi) is 6.82. The highest BCUT2D eigenvalue weighted by Gasteiger charge is 2.46. The molecule has 0 radical (unpaired) electrons. The second-order valence-corrected chi connectivity index (χ2v) is 8.58. The van der Waals surface area contributed by atoms with E-state index in [2.05, 4.69) is 10.3 Å². The molecule has 1 aromatic heterocycles.